The van der Waals surface area contributed by atoms with Crippen LogP contribution in [0.1, 0.15) is 18.1 Å². The SMILES string of the molecule is CC(=O)Cc1ccc(CC#N)cc1Br. The highest BCUT2D eigenvalue weighted by Gasteiger charge is 2.03. The lowest BCUT2D eigenvalue weighted by Gasteiger charge is -2.03. The predicted molar refractivity (Wildman–Crippen MR) is 57.8 cm³/mol. The Morgan fingerprint density at radius 2 is 2.29 bits per heavy atom. The minimum absolute atomic E-state index is 0.138. The molecule has 0 heterocycles. The van der Waals surface area contributed by atoms with Gasteiger partial charge in [-0.25, -0.2) is 0 Å². The quantitative estimate of drug-likeness (QED) is 0.829. The lowest BCUT2D eigenvalue weighted by atomic mass is 10.1. The fourth-order valence-corrected chi connectivity index (χ4v) is 1.77. The van der Waals surface area contributed by atoms with Crippen LogP contribution in [0.25, 0.3) is 0 Å². The van der Waals surface area contributed by atoms with Crippen LogP contribution in [0.3, 0.4) is 0 Å². The van der Waals surface area contributed by atoms with Crippen molar-refractivity contribution in [1.29, 1.82) is 5.26 Å². The van der Waals surface area contributed by atoms with Gasteiger partial charge in [0.1, 0.15) is 5.78 Å². The Kier molecular flexibility index (Phi) is 3.84. The lowest BCUT2D eigenvalue weighted by molar-refractivity contribution is -0.116. The van der Waals surface area contributed by atoms with Crippen LogP contribution in [-0.2, 0) is 17.6 Å². The number of rotatable bonds is 3. The number of carbonyl (C=O) groups is 1. The maximum atomic E-state index is 10.9. The number of nitriles is 1. The van der Waals surface area contributed by atoms with Crippen molar-refractivity contribution >= 4 is 21.7 Å². The third-order valence-corrected chi connectivity index (χ3v) is 2.58. The number of Topliss-reactive ketones (excluding diaryl/α,β-unsaturated/α-hetero) is 1. The summed E-state index contributed by atoms with van der Waals surface area (Å²) < 4.78 is 0.903. The second-order valence-electron chi connectivity index (χ2n) is 3.14. The molecule has 0 aliphatic carbocycles. The third-order valence-electron chi connectivity index (χ3n) is 1.84. The van der Waals surface area contributed by atoms with E-state index in [-0.39, 0.29) is 5.78 Å². The van der Waals surface area contributed by atoms with E-state index < -0.39 is 0 Å². The first-order valence-electron chi connectivity index (χ1n) is 4.27. The molecule has 0 N–H and O–H groups in total. The second kappa shape index (κ2) is 4.92. The van der Waals surface area contributed by atoms with E-state index in [0.29, 0.717) is 12.8 Å². The zero-order valence-electron chi connectivity index (χ0n) is 7.88. The van der Waals surface area contributed by atoms with E-state index in [1.165, 1.54) is 0 Å². The summed E-state index contributed by atoms with van der Waals surface area (Å²) in [5, 5.41) is 8.51. The summed E-state index contributed by atoms with van der Waals surface area (Å²) >= 11 is 3.38. The van der Waals surface area contributed by atoms with Crippen molar-refractivity contribution in [3.8, 4) is 6.07 Å². The summed E-state index contributed by atoms with van der Waals surface area (Å²) in [4.78, 5) is 10.9. The molecule has 0 spiro atoms. The van der Waals surface area contributed by atoms with Crippen LogP contribution in [0.2, 0.25) is 0 Å². The highest BCUT2D eigenvalue weighted by molar-refractivity contribution is 9.10. The van der Waals surface area contributed by atoms with Gasteiger partial charge in [-0.15, -0.1) is 0 Å². The van der Waals surface area contributed by atoms with Gasteiger partial charge >= 0.3 is 0 Å². The molecule has 1 rings (SSSR count). The van der Waals surface area contributed by atoms with Crippen molar-refractivity contribution in [2.75, 3.05) is 0 Å². The van der Waals surface area contributed by atoms with Crippen LogP contribution in [0.5, 0.6) is 0 Å². The maximum Gasteiger partial charge on any atom is 0.134 e. The number of ketones is 1. The zero-order chi connectivity index (χ0) is 10.6. The van der Waals surface area contributed by atoms with Crippen molar-refractivity contribution < 1.29 is 4.79 Å². The predicted octanol–water partition coefficient (Wildman–Crippen LogP) is 2.65. The Labute approximate surface area is 91.7 Å². The molecule has 0 aromatic heterocycles. The van der Waals surface area contributed by atoms with E-state index >= 15 is 0 Å². The fourth-order valence-electron chi connectivity index (χ4n) is 1.20. The molecular formula is C11H10BrNO. The Balaban J connectivity index is 2.90. The molecule has 0 saturated carbocycles. The second-order valence-corrected chi connectivity index (χ2v) is 3.99. The van der Waals surface area contributed by atoms with Crippen LogP contribution in [0.15, 0.2) is 22.7 Å². The molecule has 1 aromatic rings. The average molecular weight is 252 g/mol. The number of carbonyl (C=O) groups excluding carboxylic acids is 1. The molecule has 14 heavy (non-hydrogen) atoms. The van der Waals surface area contributed by atoms with Crippen molar-refractivity contribution in [3.05, 3.63) is 33.8 Å². The largest absolute Gasteiger partial charge is 0.300 e. The summed E-state index contributed by atoms with van der Waals surface area (Å²) in [7, 11) is 0. The fraction of sp³-hybridized carbons (Fsp3) is 0.273. The third kappa shape index (κ3) is 2.97. The first-order chi connectivity index (χ1) is 6.63. The summed E-state index contributed by atoms with van der Waals surface area (Å²) in [6, 6.07) is 7.74. The van der Waals surface area contributed by atoms with Crippen LogP contribution in [0.4, 0.5) is 0 Å². The standard InChI is InChI=1S/C11H10BrNO/c1-8(14)6-10-3-2-9(4-5-13)7-11(10)12/h2-3,7H,4,6H2,1H3. The van der Waals surface area contributed by atoms with Crippen molar-refractivity contribution in [1.82, 2.24) is 0 Å². The summed E-state index contributed by atoms with van der Waals surface area (Å²) in [6.45, 7) is 1.57. The molecule has 0 aliphatic rings. The minimum Gasteiger partial charge on any atom is -0.300 e. The van der Waals surface area contributed by atoms with E-state index in [1.807, 2.05) is 18.2 Å². The molecule has 2 nitrogen and oxygen atoms in total. The summed E-state index contributed by atoms with van der Waals surface area (Å²) in [5.41, 5.74) is 1.94. The van der Waals surface area contributed by atoms with Gasteiger partial charge in [0.05, 0.1) is 12.5 Å². The van der Waals surface area contributed by atoms with E-state index in [2.05, 4.69) is 22.0 Å². The summed E-state index contributed by atoms with van der Waals surface area (Å²) in [5.74, 6) is 0.138. The van der Waals surface area contributed by atoms with Gasteiger partial charge in [0.2, 0.25) is 0 Å². The van der Waals surface area contributed by atoms with Gasteiger partial charge < -0.3 is 0 Å². The monoisotopic (exact) mass is 251 g/mol. The first-order valence-corrected chi connectivity index (χ1v) is 5.06. The molecule has 72 valence electrons. The van der Waals surface area contributed by atoms with Gasteiger partial charge in [0.15, 0.2) is 0 Å². The topological polar surface area (TPSA) is 40.9 Å². The Bertz CT molecular complexity index is 393. The first kappa shape index (κ1) is 10.9. The number of halogens is 1. The Morgan fingerprint density at radius 1 is 1.57 bits per heavy atom. The Hall–Kier alpha value is -1.14. The van der Waals surface area contributed by atoms with Gasteiger partial charge in [-0.1, -0.05) is 28.1 Å². The number of nitrogens with zero attached hydrogens (tertiary/aromatic N) is 1. The molecule has 0 amide bonds. The van der Waals surface area contributed by atoms with Crippen LogP contribution in [-0.4, -0.2) is 5.78 Å². The number of hydrogen-bond donors (Lipinski definition) is 0. The highest BCUT2D eigenvalue weighted by Crippen LogP contribution is 2.19. The molecule has 0 unspecified atom stereocenters. The molecule has 1 aromatic carbocycles. The minimum atomic E-state index is 0.138. The van der Waals surface area contributed by atoms with Crippen molar-refractivity contribution in [3.63, 3.8) is 0 Å². The van der Waals surface area contributed by atoms with E-state index in [0.717, 1.165) is 15.6 Å². The van der Waals surface area contributed by atoms with Gasteiger partial charge in [-0.05, 0) is 24.1 Å². The molecule has 0 radical (unpaired) electrons. The summed E-state index contributed by atoms with van der Waals surface area (Å²) in [6.07, 6.45) is 0.840. The number of hydrogen-bond acceptors (Lipinski definition) is 2. The molecule has 0 fully saturated rings. The molecule has 0 aliphatic heterocycles. The Morgan fingerprint density at radius 3 is 2.79 bits per heavy atom. The average Bonchev–Trinajstić information content (AvgIpc) is 2.10. The maximum absolute atomic E-state index is 10.9. The van der Waals surface area contributed by atoms with E-state index in [1.54, 1.807) is 6.92 Å². The smallest absolute Gasteiger partial charge is 0.134 e. The molecule has 0 atom stereocenters. The molecule has 3 heteroatoms. The molecule has 0 saturated heterocycles. The van der Waals surface area contributed by atoms with Crippen molar-refractivity contribution in [2.45, 2.75) is 19.8 Å². The lowest BCUT2D eigenvalue weighted by Crippen LogP contribution is -1.97. The zero-order valence-corrected chi connectivity index (χ0v) is 9.47. The normalized spacial score (nSPS) is 9.50. The molecule has 0 bridgehead atoms. The van der Waals surface area contributed by atoms with Crippen LogP contribution < -0.4 is 0 Å². The highest BCUT2D eigenvalue weighted by atomic mass is 79.9. The van der Waals surface area contributed by atoms with Crippen LogP contribution >= 0.6 is 15.9 Å². The van der Waals surface area contributed by atoms with Crippen LogP contribution in [0, 0.1) is 11.3 Å². The van der Waals surface area contributed by atoms with Crippen molar-refractivity contribution in [2.24, 2.45) is 0 Å². The van der Waals surface area contributed by atoms with E-state index in [4.69, 9.17) is 5.26 Å². The van der Waals surface area contributed by atoms with Gasteiger partial charge in [-0.3, -0.25) is 4.79 Å². The number of benzene rings is 1. The van der Waals surface area contributed by atoms with Gasteiger partial charge in [0.25, 0.3) is 0 Å². The molecular weight excluding hydrogens is 242 g/mol. The van der Waals surface area contributed by atoms with E-state index in [9.17, 15) is 4.79 Å². The van der Waals surface area contributed by atoms with Gasteiger partial charge in [-0.2, -0.15) is 5.26 Å². The van der Waals surface area contributed by atoms with Gasteiger partial charge in [0, 0.05) is 10.9 Å².